The van der Waals surface area contributed by atoms with Gasteiger partial charge in [-0.1, -0.05) is 237 Å². The van der Waals surface area contributed by atoms with Crippen LogP contribution in [0.25, 0.3) is 0 Å². The monoisotopic (exact) mass is 883 g/mol. The van der Waals surface area contributed by atoms with Crippen LogP contribution < -0.4 is 10.2 Å². The molecule has 9 heteroatoms. The van der Waals surface area contributed by atoms with Crippen LogP contribution in [0.1, 0.15) is 251 Å². The number of aliphatic hydroxyl groups excluding tert-OH is 1. The Morgan fingerprint density at radius 1 is 0.557 bits per heavy atom. The number of hydrogen-bond donors (Lipinski definition) is 2. The van der Waals surface area contributed by atoms with Crippen LogP contribution in [0.3, 0.4) is 0 Å². The fraction of sp³-hybridized carbons (Fsp3) is 0.904. The molecule has 0 rings (SSSR count). The largest absolute Gasteiger partial charge is 0.756 e. The second-order valence-electron chi connectivity index (χ2n) is 19.2. The summed E-state index contributed by atoms with van der Waals surface area (Å²) in [6.07, 6.45) is 54.1. The van der Waals surface area contributed by atoms with E-state index in [1.165, 1.54) is 193 Å². The fourth-order valence-electron chi connectivity index (χ4n) is 7.76. The van der Waals surface area contributed by atoms with Crippen molar-refractivity contribution in [2.75, 3.05) is 40.9 Å². The van der Waals surface area contributed by atoms with Crippen LogP contribution in [0.5, 0.6) is 0 Å². The summed E-state index contributed by atoms with van der Waals surface area (Å²) in [5.41, 5.74) is 0. The number of rotatable bonds is 48. The quantitative estimate of drug-likeness (QED) is 0.0273. The minimum absolute atomic E-state index is 0.00430. The molecular formula is C52H103N2O6P. The van der Waals surface area contributed by atoms with Gasteiger partial charge in [-0.05, 0) is 32.1 Å². The summed E-state index contributed by atoms with van der Waals surface area (Å²) in [7, 11) is 1.25. The molecule has 2 N–H and O–H groups in total. The number of aliphatic hydroxyl groups is 1. The zero-order chi connectivity index (χ0) is 45.0. The Kier molecular flexibility index (Phi) is 43.5. The summed E-state index contributed by atoms with van der Waals surface area (Å²) >= 11 is 0. The van der Waals surface area contributed by atoms with Crippen molar-refractivity contribution in [3.8, 4) is 0 Å². The van der Waals surface area contributed by atoms with E-state index in [9.17, 15) is 19.4 Å². The van der Waals surface area contributed by atoms with Crippen LogP contribution in [0, 0.1) is 0 Å². The number of carbonyl (C=O) groups excluding carboxylic acids is 1. The van der Waals surface area contributed by atoms with Crippen LogP contribution in [0.15, 0.2) is 24.3 Å². The van der Waals surface area contributed by atoms with E-state index in [1.54, 1.807) is 6.08 Å². The number of phosphoric ester groups is 1. The van der Waals surface area contributed by atoms with E-state index in [0.29, 0.717) is 17.4 Å². The van der Waals surface area contributed by atoms with Crippen LogP contribution in [0.4, 0.5) is 0 Å². The Morgan fingerprint density at radius 2 is 0.918 bits per heavy atom. The van der Waals surface area contributed by atoms with Gasteiger partial charge in [0.05, 0.1) is 39.9 Å². The summed E-state index contributed by atoms with van der Waals surface area (Å²) < 4.78 is 23.2. The average Bonchev–Trinajstić information content (AvgIpc) is 3.21. The summed E-state index contributed by atoms with van der Waals surface area (Å²) in [5, 5.41) is 13.8. The van der Waals surface area contributed by atoms with Gasteiger partial charge < -0.3 is 28.8 Å². The number of likely N-dealkylation sites (N-methyl/N-ethyl adjacent to an activating group) is 1. The second-order valence-corrected chi connectivity index (χ2v) is 20.6. The van der Waals surface area contributed by atoms with E-state index in [2.05, 4.69) is 31.3 Å². The lowest BCUT2D eigenvalue weighted by Gasteiger charge is -2.29. The van der Waals surface area contributed by atoms with Crippen molar-refractivity contribution in [2.24, 2.45) is 0 Å². The smallest absolute Gasteiger partial charge is 0.268 e. The highest BCUT2D eigenvalue weighted by molar-refractivity contribution is 7.45. The molecule has 362 valence electrons. The van der Waals surface area contributed by atoms with Crippen molar-refractivity contribution in [1.82, 2.24) is 5.32 Å². The summed E-state index contributed by atoms with van der Waals surface area (Å²) in [4.78, 5) is 25.3. The van der Waals surface area contributed by atoms with E-state index >= 15 is 0 Å². The van der Waals surface area contributed by atoms with Gasteiger partial charge in [-0.15, -0.1) is 0 Å². The Bertz CT molecular complexity index is 1050. The first-order valence-electron chi connectivity index (χ1n) is 26.2. The molecule has 0 fully saturated rings. The maximum Gasteiger partial charge on any atom is 0.268 e. The standard InChI is InChI=1S/C52H103N2O6P/c1-6-8-10-12-14-16-18-19-20-21-22-23-24-25-26-27-28-29-30-31-32-33-34-35-36-37-39-41-43-45-51(55)50(49-60-61(57,58)59-48-47-54(3,4)5)53-52(56)46-44-42-40-38-17-15-13-11-9-7-2/h36-37,43,45,50-51,55H,6-35,38-42,44,46-49H2,1-5H3,(H-,53,56,57,58)/b37-36+,45-43+. The predicted octanol–water partition coefficient (Wildman–Crippen LogP) is 14.6. The minimum Gasteiger partial charge on any atom is -0.756 e. The summed E-state index contributed by atoms with van der Waals surface area (Å²) in [6, 6.07) is -0.898. The number of nitrogens with zero attached hydrogens (tertiary/aromatic N) is 1. The fourth-order valence-corrected chi connectivity index (χ4v) is 8.48. The highest BCUT2D eigenvalue weighted by Crippen LogP contribution is 2.38. The number of phosphoric acid groups is 1. The molecule has 0 bridgehead atoms. The lowest BCUT2D eigenvalue weighted by atomic mass is 10.0. The third kappa shape index (κ3) is 46.8. The van der Waals surface area contributed by atoms with Crippen LogP contribution in [-0.2, 0) is 18.4 Å². The van der Waals surface area contributed by atoms with Crippen molar-refractivity contribution in [3.05, 3.63) is 24.3 Å². The lowest BCUT2D eigenvalue weighted by Crippen LogP contribution is -2.45. The minimum atomic E-state index is -4.59. The Hall–Kier alpha value is -1.02. The van der Waals surface area contributed by atoms with Crippen LogP contribution in [-0.4, -0.2) is 68.5 Å². The molecule has 0 spiro atoms. The van der Waals surface area contributed by atoms with Crippen LogP contribution in [0.2, 0.25) is 0 Å². The zero-order valence-electron chi connectivity index (χ0n) is 41.1. The van der Waals surface area contributed by atoms with Gasteiger partial charge >= 0.3 is 0 Å². The van der Waals surface area contributed by atoms with Crippen molar-refractivity contribution in [2.45, 2.75) is 264 Å². The second kappa shape index (κ2) is 44.2. The normalized spacial score (nSPS) is 14.3. The first-order chi connectivity index (χ1) is 29.5. The maximum atomic E-state index is 12.8. The number of nitrogens with one attached hydrogen (secondary N) is 1. The number of hydrogen-bond acceptors (Lipinski definition) is 6. The summed E-state index contributed by atoms with van der Waals surface area (Å²) in [5.74, 6) is -0.208. The number of carbonyl (C=O) groups is 1. The van der Waals surface area contributed by atoms with Gasteiger partial charge in [-0.2, -0.15) is 0 Å². The predicted molar refractivity (Wildman–Crippen MR) is 261 cm³/mol. The van der Waals surface area contributed by atoms with E-state index in [-0.39, 0.29) is 19.1 Å². The third-order valence-corrected chi connectivity index (χ3v) is 12.9. The molecule has 3 unspecified atom stereocenters. The maximum absolute atomic E-state index is 12.8. The summed E-state index contributed by atoms with van der Waals surface area (Å²) in [6.45, 7) is 4.63. The molecule has 3 atom stereocenters. The van der Waals surface area contributed by atoms with Gasteiger partial charge in [-0.3, -0.25) is 9.36 Å². The molecule has 0 aromatic carbocycles. The molecule has 0 aromatic rings. The Labute approximate surface area is 379 Å². The van der Waals surface area contributed by atoms with Crippen molar-refractivity contribution >= 4 is 13.7 Å². The van der Waals surface area contributed by atoms with Gasteiger partial charge in [-0.25, -0.2) is 0 Å². The number of amides is 1. The molecule has 0 radical (unpaired) electrons. The first-order valence-corrected chi connectivity index (χ1v) is 27.7. The van der Waals surface area contributed by atoms with E-state index < -0.39 is 20.0 Å². The molecule has 0 heterocycles. The molecular weight excluding hydrogens is 780 g/mol. The van der Waals surface area contributed by atoms with Gasteiger partial charge in [0.15, 0.2) is 0 Å². The molecule has 8 nitrogen and oxygen atoms in total. The van der Waals surface area contributed by atoms with E-state index in [4.69, 9.17) is 9.05 Å². The van der Waals surface area contributed by atoms with Gasteiger partial charge in [0.2, 0.25) is 5.91 Å². The Morgan fingerprint density at radius 3 is 1.33 bits per heavy atom. The first kappa shape index (κ1) is 60.0. The Balaban J connectivity index is 4.13. The molecule has 0 aliphatic rings. The SMILES string of the molecule is CCCCCCCCCCCCCCCCCCCCCCCCC/C=C/CC/C=C/C(O)C(COP(=O)([O-])OCC[N+](C)(C)C)NC(=O)CCCCCCCCCCCC. The van der Waals surface area contributed by atoms with Crippen molar-refractivity contribution in [1.29, 1.82) is 0 Å². The number of allylic oxidation sites excluding steroid dienone is 3. The molecule has 61 heavy (non-hydrogen) atoms. The third-order valence-electron chi connectivity index (χ3n) is 11.9. The lowest BCUT2D eigenvalue weighted by molar-refractivity contribution is -0.870. The van der Waals surface area contributed by atoms with Crippen molar-refractivity contribution in [3.63, 3.8) is 0 Å². The number of unbranched alkanes of at least 4 members (excludes halogenated alkanes) is 33. The molecule has 1 amide bonds. The van der Waals surface area contributed by atoms with E-state index in [1.807, 2.05) is 27.2 Å². The van der Waals surface area contributed by atoms with Gasteiger partial charge in [0.25, 0.3) is 7.82 Å². The van der Waals surface area contributed by atoms with E-state index in [0.717, 1.165) is 38.5 Å². The van der Waals surface area contributed by atoms with Crippen molar-refractivity contribution < 1.29 is 32.9 Å². The number of quaternary nitrogens is 1. The van der Waals surface area contributed by atoms with Crippen LogP contribution >= 0.6 is 7.82 Å². The topological polar surface area (TPSA) is 108 Å². The molecule has 0 aliphatic heterocycles. The molecule has 0 saturated heterocycles. The van der Waals surface area contributed by atoms with Gasteiger partial charge in [0, 0.05) is 6.42 Å². The highest BCUT2D eigenvalue weighted by Gasteiger charge is 2.23. The zero-order valence-corrected chi connectivity index (χ0v) is 42.0. The molecule has 0 aliphatic carbocycles. The highest BCUT2D eigenvalue weighted by atomic mass is 31.2. The van der Waals surface area contributed by atoms with Gasteiger partial charge in [0.1, 0.15) is 13.2 Å². The molecule has 0 aromatic heterocycles. The molecule has 0 saturated carbocycles. The average molecular weight is 883 g/mol.